The highest BCUT2D eigenvalue weighted by atomic mass is 32.1. The van der Waals surface area contributed by atoms with Gasteiger partial charge in [-0.05, 0) is 43.7 Å². The van der Waals surface area contributed by atoms with Gasteiger partial charge in [-0.2, -0.15) is 0 Å². The molecule has 0 spiro atoms. The second kappa shape index (κ2) is 12.5. The van der Waals surface area contributed by atoms with Crippen LogP contribution in [0.25, 0.3) is 0 Å². The number of unbranched alkanes of at least 4 members (excludes halogenated alkanes) is 1. The van der Waals surface area contributed by atoms with Gasteiger partial charge in [0, 0.05) is 23.4 Å². The van der Waals surface area contributed by atoms with E-state index in [-0.39, 0.29) is 30.3 Å². The molecule has 0 fully saturated rings. The Labute approximate surface area is 185 Å². The molecule has 2 aromatic rings. The van der Waals surface area contributed by atoms with Crippen LogP contribution in [0.1, 0.15) is 63.8 Å². The topological polar surface area (TPSA) is 40.6 Å². The first-order valence-corrected chi connectivity index (χ1v) is 12.0. The van der Waals surface area contributed by atoms with E-state index in [0.29, 0.717) is 13.1 Å². The first-order valence-electron chi connectivity index (χ1n) is 11.1. The van der Waals surface area contributed by atoms with Gasteiger partial charge in [-0.1, -0.05) is 63.1 Å². The number of thiophene rings is 1. The minimum Gasteiger partial charge on any atom is -0.332 e. The average Bonchev–Trinajstić information content (AvgIpc) is 3.25. The van der Waals surface area contributed by atoms with Crippen LogP contribution >= 0.6 is 11.3 Å². The molecule has 0 radical (unpaired) electrons. The molecule has 0 N–H and O–H groups in total. The van der Waals surface area contributed by atoms with E-state index in [1.165, 1.54) is 0 Å². The van der Waals surface area contributed by atoms with Gasteiger partial charge in [0.2, 0.25) is 11.8 Å². The lowest BCUT2D eigenvalue weighted by Crippen LogP contribution is -2.47. The summed E-state index contributed by atoms with van der Waals surface area (Å²) in [6, 6.07) is 14.1. The third-order valence-electron chi connectivity index (χ3n) is 5.46. The minimum atomic E-state index is -0.00237. The zero-order valence-electron chi connectivity index (χ0n) is 18.8. The van der Waals surface area contributed by atoms with Crippen molar-refractivity contribution in [3.8, 4) is 0 Å². The van der Waals surface area contributed by atoms with Crippen molar-refractivity contribution in [2.24, 2.45) is 5.92 Å². The quantitative estimate of drug-likeness (QED) is 0.433. The second-order valence-corrected chi connectivity index (χ2v) is 9.15. The second-order valence-electron chi connectivity index (χ2n) is 8.12. The van der Waals surface area contributed by atoms with Gasteiger partial charge in [0.05, 0.1) is 6.54 Å². The smallest absolute Gasteiger partial charge is 0.242 e. The van der Waals surface area contributed by atoms with Crippen molar-refractivity contribution in [1.82, 2.24) is 9.80 Å². The maximum Gasteiger partial charge on any atom is 0.242 e. The molecule has 0 unspecified atom stereocenters. The summed E-state index contributed by atoms with van der Waals surface area (Å²) in [5, 5.41) is 2.03. The van der Waals surface area contributed by atoms with Crippen molar-refractivity contribution in [2.75, 3.05) is 6.54 Å². The van der Waals surface area contributed by atoms with Crippen molar-refractivity contribution < 1.29 is 9.59 Å². The lowest BCUT2D eigenvalue weighted by atomic mass is 9.97. The normalized spacial score (nSPS) is 12.0. The first kappa shape index (κ1) is 24.1. The maximum absolute atomic E-state index is 13.4. The summed E-state index contributed by atoms with van der Waals surface area (Å²) in [5.41, 5.74) is 1.10. The summed E-state index contributed by atoms with van der Waals surface area (Å²) in [7, 11) is 0. The molecule has 0 saturated heterocycles. The molecule has 4 nitrogen and oxygen atoms in total. The molecule has 1 heterocycles. The average molecular weight is 429 g/mol. The number of hydrogen-bond donors (Lipinski definition) is 0. The molecular weight excluding hydrogens is 392 g/mol. The Hall–Kier alpha value is -2.14. The van der Waals surface area contributed by atoms with Crippen molar-refractivity contribution in [1.29, 1.82) is 0 Å². The molecule has 1 atom stereocenters. The van der Waals surface area contributed by atoms with E-state index < -0.39 is 0 Å². The SMILES string of the molecule is CCCC[C@H](CC)C(=O)N(CC(=O)N(Cc1ccccc1)Cc1cccs1)C(C)C. The highest BCUT2D eigenvalue weighted by molar-refractivity contribution is 7.09. The summed E-state index contributed by atoms with van der Waals surface area (Å²) < 4.78 is 0. The lowest BCUT2D eigenvalue weighted by Gasteiger charge is -2.32. The molecule has 5 heteroatoms. The van der Waals surface area contributed by atoms with E-state index in [2.05, 4.69) is 19.9 Å². The van der Waals surface area contributed by atoms with E-state index in [9.17, 15) is 9.59 Å². The zero-order valence-corrected chi connectivity index (χ0v) is 19.7. The molecule has 0 aliphatic carbocycles. The summed E-state index contributed by atoms with van der Waals surface area (Å²) >= 11 is 1.65. The molecule has 2 rings (SSSR count). The van der Waals surface area contributed by atoms with Gasteiger partial charge < -0.3 is 9.80 Å². The van der Waals surface area contributed by atoms with Gasteiger partial charge in [-0.3, -0.25) is 9.59 Å². The fourth-order valence-electron chi connectivity index (χ4n) is 3.57. The fraction of sp³-hybridized carbons (Fsp3) is 0.520. The Kier molecular flexibility index (Phi) is 10.1. The molecule has 30 heavy (non-hydrogen) atoms. The molecule has 0 aliphatic heterocycles. The summed E-state index contributed by atoms with van der Waals surface area (Å²) in [5.74, 6) is 0.116. The summed E-state index contributed by atoms with van der Waals surface area (Å²) in [4.78, 5) is 31.4. The third-order valence-corrected chi connectivity index (χ3v) is 6.32. The van der Waals surface area contributed by atoms with Gasteiger partial charge in [-0.15, -0.1) is 11.3 Å². The van der Waals surface area contributed by atoms with Crippen molar-refractivity contribution in [3.63, 3.8) is 0 Å². The van der Waals surface area contributed by atoms with Gasteiger partial charge in [0.25, 0.3) is 0 Å². The van der Waals surface area contributed by atoms with Crippen molar-refractivity contribution in [2.45, 2.75) is 72.5 Å². The van der Waals surface area contributed by atoms with Crippen LogP contribution in [-0.2, 0) is 22.7 Å². The van der Waals surface area contributed by atoms with Crippen LogP contribution in [0.5, 0.6) is 0 Å². The van der Waals surface area contributed by atoms with Gasteiger partial charge in [0.15, 0.2) is 0 Å². The maximum atomic E-state index is 13.4. The lowest BCUT2D eigenvalue weighted by molar-refractivity contribution is -0.145. The van der Waals surface area contributed by atoms with E-state index in [1.54, 1.807) is 16.2 Å². The van der Waals surface area contributed by atoms with Crippen LogP contribution in [-0.4, -0.2) is 34.2 Å². The van der Waals surface area contributed by atoms with E-state index in [0.717, 1.165) is 36.1 Å². The Morgan fingerprint density at radius 1 is 1.00 bits per heavy atom. The number of amides is 2. The molecular formula is C25H36N2O2S. The zero-order chi connectivity index (χ0) is 21.9. The molecule has 0 bridgehead atoms. The van der Waals surface area contributed by atoms with Crippen LogP contribution in [0.15, 0.2) is 47.8 Å². The number of carbonyl (C=O) groups excluding carboxylic acids is 2. The van der Waals surface area contributed by atoms with Crippen molar-refractivity contribution in [3.05, 3.63) is 58.3 Å². The number of benzene rings is 1. The largest absolute Gasteiger partial charge is 0.332 e. The Balaban J connectivity index is 2.16. The van der Waals surface area contributed by atoms with E-state index in [1.807, 2.05) is 60.5 Å². The number of rotatable bonds is 12. The fourth-order valence-corrected chi connectivity index (χ4v) is 4.29. The monoisotopic (exact) mass is 428 g/mol. The predicted molar refractivity (Wildman–Crippen MR) is 125 cm³/mol. The Morgan fingerprint density at radius 3 is 2.30 bits per heavy atom. The molecule has 2 amide bonds. The van der Waals surface area contributed by atoms with Gasteiger partial charge >= 0.3 is 0 Å². The molecule has 1 aromatic heterocycles. The predicted octanol–water partition coefficient (Wildman–Crippen LogP) is 5.73. The van der Waals surface area contributed by atoms with Gasteiger partial charge in [0.1, 0.15) is 6.54 Å². The Morgan fingerprint density at radius 2 is 1.73 bits per heavy atom. The molecule has 0 saturated carbocycles. The minimum absolute atomic E-state index is 0.0000179. The van der Waals surface area contributed by atoms with Crippen LogP contribution in [0.2, 0.25) is 0 Å². The van der Waals surface area contributed by atoms with E-state index in [4.69, 9.17) is 0 Å². The number of nitrogens with zero attached hydrogens (tertiary/aromatic N) is 2. The van der Waals surface area contributed by atoms with Crippen LogP contribution in [0.4, 0.5) is 0 Å². The molecule has 1 aromatic carbocycles. The van der Waals surface area contributed by atoms with Gasteiger partial charge in [-0.25, -0.2) is 0 Å². The highest BCUT2D eigenvalue weighted by Crippen LogP contribution is 2.19. The van der Waals surface area contributed by atoms with Crippen LogP contribution in [0, 0.1) is 5.92 Å². The molecule has 164 valence electrons. The molecule has 0 aliphatic rings. The standard InChI is InChI=1S/C25H36N2O2S/c1-5-7-14-22(6-2)25(29)27(20(3)4)19-24(28)26(18-23-15-11-16-30-23)17-21-12-9-8-10-13-21/h8-13,15-16,20,22H,5-7,14,17-19H2,1-4H3/t22-/m0/s1. The third kappa shape index (κ3) is 7.28. The number of carbonyl (C=O) groups is 2. The summed E-state index contributed by atoms with van der Waals surface area (Å²) in [6.07, 6.45) is 3.84. The summed E-state index contributed by atoms with van der Waals surface area (Å²) in [6.45, 7) is 9.46. The number of hydrogen-bond acceptors (Lipinski definition) is 3. The van der Waals surface area contributed by atoms with Crippen LogP contribution < -0.4 is 0 Å². The Bertz CT molecular complexity index is 759. The van der Waals surface area contributed by atoms with E-state index >= 15 is 0 Å². The first-order chi connectivity index (χ1) is 14.5. The van der Waals surface area contributed by atoms with Crippen molar-refractivity contribution >= 4 is 23.2 Å². The highest BCUT2D eigenvalue weighted by Gasteiger charge is 2.28. The van der Waals surface area contributed by atoms with Crippen LogP contribution in [0.3, 0.4) is 0 Å².